The first-order chi connectivity index (χ1) is 17.4. The number of hydrogen-bond donors (Lipinski definition) is 0. The summed E-state index contributed by atoms with van der Waals surface area (Å²) in [5.74, 6) is 0.296. The number of nitrogens with zero attached hydrogens (tertiary/aromatic N) is 7. The van der Waals surface area contributed by atoms with Crippen LogP contribution in [-0.4, -0.2) is 62.3 Å². The summed E-state index contributed by atoms with van der Waals surface area (Å²) in [6.07, 6.45) is 7.14. The first-order valence-corrected chi connectivity index (χ1v) is 11.9. The summed E-state index contributed by atoms with van der Waals surface area (Å²) in [7, 11) is 5.08. The zero-order valence-corrected chi connectivity index (χ0v) is 20.8. The minimum absolute atomic E-state index is 0.0822. The van der Waals surface area contributed by atoms with Crippen LogP contribution in [0.1, 0.15) is 25.3 Å². The average Bonchev–Trinajstić information content (AvgIpc) is 3.47. The number of pyridine rings is 1. The number of likely N-dealkylation sites (N-methyl/N-ethyl adjacent to an activating group) is 1. The predicted octanol–water partition coefficient (Wildman–Crippen LogP) is 3.89. The Hall–Kier alpha value is -4.08. The van der Waals surface area contributed by atoms with Crippen LogP contribution < -0.4 is 9.64 Å². The lowest BCUT2D eigenvalue weighted by Gasteiger charge is -2.31. The Labute approximate surface area is 208 Å². The second-order valence-corrected chi connectivity index (χ2v) is 8.96. The number of benzene rings is 1. The van der Waals surface area contributed by atoms with Crippen molar-refractivity contribution in [1.82, 2.24) is 29.6 Å². The summed E-state index contributed by atoms with van der Waals surface area (Å²) in [5, 5.41) is 4.21. The number of fused-ring (bicyclic) bond motifs is 1. The molecule has 1 aromatic carbocycles. The zero-order chi connectivity index (χ0) is 25.4. The molecule has 36 heavy (non-hydrogen) atoms. The van der Waals surface area contributed by atoms with E-state index in [1.165, 1.54) is 7.11 Å². The van der Waals surface area contributed by atoms with Crippen molar-refractivity contribution in [3.63, 3.8) is 0 Å². The molecule has 4 heterocycles. The number of hydrogen-bond acceptors (Lipinski definition) is 7. The quantitative estimate of drug-likeness (QED) is 0.389. The van der Waals surface area contributed by atoms with E-state index in [2.05, 4.69) is 10.1 Å². The second-order valence-electron chi connectivity index (χ2n) is 8.96. The van der Waals surface area contributed by atoms with Crippen LogP contribution >= 0.6 is 0 Å². The van der Waals surface area contributed by atoms with Gasteiger partial charge in [-0.25, -0.2) is 14.4 Å². The molecule has 0 saturated carbocycles. The van der Waals surface area contributed by atoms with Gasteiger partial charge in [-0.15, -0.1) is 0 Å². The van der Waals surface area contributed by atoms with Crippen molar-refractivity contribution in [2.24, 2.45) is 7.05 Å². The molecule has 0 aliphatic carbocycles. The monoisotopic (exact) mass is 489 g/mol. The molecule has 9 nitrogen and oxygen atoms in total. The number of ether oxygens (including phenoxy) is 1. The number of amides is 1. The van der Waals surface area contributed by atoms with Crippen molar-refractivity contribution in [2.45, 2.75) is 32.2 Å². The molecule has 1 aliphatic rings. The van der Waals surface area contributed by atoms with Gasteiger partial charge in [0.1, 0.15) is 11.3 Å². The highest BCUT2D eigenvalue weighted by Gasteiger charge is 2.31. The van der Waals surface area contributed by atoms with E-state index < -0.39 is 5.82 Å². The molecular formula is C26H28FN7O2. The Morgan fingerprint density at radius 2 is 2.03 bits per heavy atom. The second kappa shape index (κ2) is 9.52. The number of aryl methyl sites for hydroxylation is 2. The summed E-state index contributed by atoms with van der Waals surface area (Å²) in [6, 6.07) is 7.08. The maximum atomic E-state index is 15.7. The molecule has 1 saturated heterocycles. The fourth-order valence-corrected chi connectivity index (χ4v) is 4.52. The van der Waals surface area contributed by atoms with E-state index in [9.17, 15) is 4.79 Å². The molecule has 10 heteroatoms. The molecule has 1 aliphatic heterocycles. The van der Waals surface area contributed by atoms with E-state index in [0.717, 1.165) is 11.1 Å². The third-order valence-electron chi connectivity index (χ3n) is 6.69. The fourth-order valence-electron chi connectivity index (χ4n) is 4.52. The summed E-state index contributed by atoms with van der Waals surface area (Å²) < 4.78 is 22.7. The van der Waals surface area contributed by atoms with Gasteiger partial charge in [-0.1, -0.05) is 6.92 Å². The molecule has 1 fully saturated rings. The molecule has 3 aromatic heterocycles. The number of likely N-dealkylation sites (tertiary alicyclic amines) is 1. The number of aromatic nitrogens is 5. The van der Waals surface area contributed by atoms with Crippen LogP contribution in [0.4, 0.5) is 15.9 Å². The smallest absolute Gasteiger partial charge is 0.222 e. The van der Waals surface area contributed by atoms with Crippen molar-refractivity contribution < 1.29 is 13.9 Å². The average molecular weight is 490 g/mol. The molecule has 1 unspecified atom stereocenters. The Balaban J connectivity index is 1.63. The highest BCUT2D eigenvalue weighted by Crippen LogP contribution is 2.35. The highest BCUT2D eigenvalue weighted by atomic mass is 19.1. The topological polar surface area (TPSA) is 89.3 Å². The summed E-state index contributed by atoms with van der Waals surface area (Å²) >= 11 is 0. The van der Waals surface area contributed by atoms with E-state index >= 15 is 4.39 Å². The lowest BCUT2D eigenvalue weighted by molar-refractivity contribution is -0.127. The van der Waals surface area contributed by atoms with Crippen LogP contribution in [0.2, 0.25) is 0 Å². The first kappa shape index (κ1) is 23.7. The van der Waals surface area contributed by atoms with Gasteiger partial charge in [0.05, 0.1) is 30.9 Å². The van der Waals surface area contributed by atoms with E-state index in [1.807, 2.05) is 43.3 Å². The minimum Gasteiger partial charge on any atom is -0.494 e. The van der Waals surface area contributed by atoms with Gasteiger partial charge in [0.25, 0.3) is 0 Å². The Morgan fingerprint density at radius 1 is 1.19 bits per heavy atom. The molecule has 1 amide bonds. The Morgan fingerprint density at radius 3 is 2.69 bits per heavy atom. The maximum absolute atomic E-state index is 15.7. The standard InChI is InChI=1S/C26H28FN7O2/c1-5-16-10-21(25(27)22(11-16)36-4)34(15-18-6-9-24(35)33(18)3)23-8-7-19-26(31-23)30-20(13-28-19)17-12-29-32(2)14-17/h7-8,10-14,18H,5-6,9,15H2,1-4H3. The van der Waals surface area contributed by atoms with Crippen LogP contribution in [0, 0.1) is 5.82 Å². The van der Waals surface area contributed by atoms with Crippen LogP contribution in [0.5, 0.6) is 5.75 Å². The molecule has 186 valence electrons. The van der Waals surface area contributed by atoms with Gasteiger partial charge in [-0.2, -0.15) is 5.10 Å². The summed E-state index contributed by atoms with van der Waals surface area (Å²) in [5.41, 5.74) is 3.82. The van der Waals surface area contributed by atoms with Gasteiger partial charge >= 0.3 is 0 Å². The fraction of sp³-hybridized carbons (Fsp3) is 0.346. The van der Waals surface area contributed by atoms with Gasteiger partial charge in [-0.05, 0) is 42.7 Å². The number of methoxy groups -OCH3 is 1. The van der Waals surface area contributed by atoms with Gasteiger partial charge in [0.15, 0.2) is 17.2 Å². The molecule has 5 rings (SSSR count). The maximum Gasteiger partial charge on any atom is 0.222 e. The molecule has 0 bridgehead atoms. The molecule has 0 radical (unpaired) electrons. The van der Waals surface area contributed by atoms with E-state index in [1.54, 1.807) is 35.1 Å². The SMILES string of the molecule is CCc1cc(OC)c(F)c(N(CC2CCC(=O)N2C)c2ccc3ncc(-c4cnn(C)c4)nc3n2)c1. The first-order valence-electron chi connectivity index (χ1n) is 11.9. The van der Waals surface area contributed by atoms with E-state index in [4.69, 9.17) is 14.7 Å². The van der Waals surface area contributed by atoms with Crippen LogP contribution in [-0.2, 0) is 18.3 Å². The van der Waals surface area contributed by atoms with Crippen LogP contribution in [0.25, 0.3) is 22.4 Å². The molecule has 1 atom stereocenters. The Bertz CT molecular complexity index is 1440. The van der Waals surface area contributed by atoms with Crippen molar-refractivity contribution in [2.75, 3.05) is 25.6 Å². The third-order valence-corrected chi connectivity index (χ3v) is 6.69. The van der Waals surface area contributed by atoms with Gasteiger partial charge in [-0.3, -0.25) is 14.5 Å². The lowest BCUT2D eigenvalue weighted by Crippen LogP contribution is -2.38. The van der Waals surface area contributed by atoms with Gasteiger partial charge in [0.2, 0.25) is 5.91 Å². The van der Waals surface area contributed by atoms with Crippen molar-refractivity contribution >= 4 is 28.6 Å². The number of carbonyl (C=O) groups is 1. The molecule has 0 N–H and O–H groups in total. The largest absolute Gasteiger partial charge is 0.494 e. The third kappa shape index (κ3) is 4.34. The molecular weight excluding hydrogens is 461 g/mol. The van der Waals surface area contributed by atoms with Crippen LogP contribution in [0.15, 0.2) is 42.9 Å². The van der Waals surface area contributed by atoms with E-state index in [0.29, 0.717) is 54.2 Å². The number of carbonyl (C=O) groups excluding carboxylic acids is 1. The van der Waals surface area contributed by atoms with E-state index in [-0.39, 0.29) is 17.7 Å². The zero-order valence-electron chi connectivity index (χ0n) is 20.8. The summed E-state index contributed by atoms with van der Waals surface area (Å²) in [4.78, 5) is 29.8. The molecule has 0 spiro atoms. The minimum atomic E-state index is -0.473. The predicted molar refractivity (Wildman–Crippen MR) is 135 cm³/mol. The number of anilines is 2. The highest BCUT2D eigenvalue weighted by molar-refractivity contribution is 5.79. The lowest BCUT2D eigenvalue weighted by atomic mass is 10.1. The van der Waals surface area contributed by atoms with Crippen molar-refractivity contribution in [3.05, 3.63) is 54.2 Å². The van der Waals surface area contributed by atoms with Crippen molar-refractivity contribution in [3.8, 4) is 17.0 Å². The Kier molecular flexibility index (Phi) is 6.26. The molecule has 4 aromatic rings. The van der Waals surface area contributed by atoms with Crippen LogP contribution in [0.3, 0.4) is 0 Å². The van der Waals surface area contributed by atoms with Gasteiger partial charge in [0, 0.05) is 44.9 Å². The van der Waals surface area contributed by atoms with Gasteiger partial charge < -0.3 is 14.5 Å². The van der Waals surface area contributed by atoms with Crippen molar-refractivity contribution in [1.29, 1.82) is 0 Å². The number of rotatable bonds is 7. The normalized spacial score (nSPS) is 15.6. The summed E-state index contributed by atoms with van der Waals surface area (Å²) in [6.45, 7) is 2.39. The number of halogens is 1.